The third kappa shape index (κ3) is 4.59. The number of halogens is 1. The summed E-state index contributed by atoms with van der Waals surface area (Å²) in [5, 5.41) is 12.4. The number of likely N-dealkylation sites (N-methyl/N-ethyl adjacent to an activating group) is 2. The summed E-state index contributed by atoms with van der Waals surface area (Å²) in [6.45, 7) is 1.86. The van der Waals surface area contributed by atoms with E-state index < -0.39 is 0 Å². The second-order valence-electron chi connectivity index (χ2n) is 6.48. The lowest BCUT2D eigenvalue weighted by Crippen LogP contribution is -2.37. The average Bonchev–Trinajstić information content (AvgIpc) is 3.35. The summed E-state index contributed by atoms with van der Waals surface area (Å²) in [6, 6.07) is 7.51. The van der Waals surface area contributed by atoms with Gasteiger partial charge in [-0.25, -0.2) is 0 Å². The standard InChI is InChI=1S/C18H23ClN6O2S/c1-20-15(26)11-23(2)16(27)12-28-18-22-21-17(24-9-5-6-10-24)25(18)14-8-4-3-7-13(14)19/h3-4,7-8H,5-6,9-12H2,1-2H3,(H,20,26). The van der Waals surface area contributed by atoms with Crippen LogP contribution in [-0.4, -0.2) is 71.0 Å². The first-order chi connectivity index (χ1) is 13.5. The van der Waals surface area contributed by atoms with E-state index in [1.165, 1.54) is 16.7 Å². The summed E-state index contributed by atoms with van der Waals surface area (Å²) in [6.07, 6.45) is 2.22. The monoisotopic (exact) mass is 422 g/mol. The summed E-state index contributed by atoms with van der Waals surface area (Å²) in [7, 11) is 3.15. The van der Waals surface area contributed by atoms with Gasteiger partial charge in [-0.05, 0) is 25.0 Å². The minimum Gasteiger partial charge on any atom is -0.358 e. The van der Waals surface area contributed by atoms with Gasteiger partial charge in [0, 0.05) is 27.2 Å². The molecule has 1 saturated heterocycles. The van der Waals surface area contributed by atoms with E-state index in [0.29, 0.717) is 10.2 Å². The predicted octanol–water partition coefficient (Wildman–Crippen LogP) is 1.82. The van der Waals surface area contributed by atoms with E-state index in [9.17, 15) is 9.59 Å². The fourth-order valence-corrected chi connectivity index (χ4v) is 4.04. The Hall–Kier alpha value is -2.26. The fraction of sp³-hybridized carbons (Fsp3) is 0.444. The third-order valence-corrected chi connectivity index (χ3v) is 5.74. The normalized spacial score (nSPS) is 13.6. The molecule has 150 valence electrons. The molecule has 2 aromatic rings. The number of thioether (sulfide) groups is 1. The van der Waals surface area contributed by atoms with Crippen molar-refractivity contribution < 1.29 is 9.59 Å². The molecule has 1 aromatic heterocycles. The van der Waals surface area contributed by atoms with Crippen molar-refractivity contribution in [2.24, 2.45) is 0 Å². The van der Waals surface area contributed by atoms with Crippen LogP contribution in [-0.2, 0) is 9.59 Å². The maximum atomic E-state index is 12.4. The van der Waals surface area contributed by atoms with Crippen molar-refractivity contribution in [3.8, 4) is 5.69 Å². The van der Waals surface area contributed by atoms with E-state index in [2.05, 4.69) is 20.4 Å². The number of hydrogen-bond acceptors (Lipinski definition) is 6. The van der Waals surface area contributed by atoms with Crippen LogP contribution in [0.25, 0.3) is 5.69 Å². The topological polar surface area (TPSA) is 83.4 Å². The lowest BCUT2D eigenvalue weighted by molar-refractivity contribution is -0.132. The highest BCUT2D eigenvalue weighted by molar-refractivity contribution is 7.99. The second kappa shape index (κ2) is 9.29. The Morgan fingerprint density at radius 3 is 2.64 bits per heavy atom. The Labute approximate surface area is 173 Å². The summed E-state index contributed by atoms with van der Waals surface area (Å²) in [5.74, 6) is 0.511. The van der Waals surface area contributed by atoms with Gasteiger partial charge in [-0.15, -0.1) is 10.2 Å². The molecule has 1 aliphatic rings. The Bertz CT molecular complexity index is 852. The summed E-state index contributed by atoms with van der Waals surface area (Å²) < 4.78 is 1.91. The van der Waals surface area contributed by atoms with Gasteiger partial charge in [0.25, 0.3) is 0 Å². The largest absolute Gasteiger partial charge is 0.358 e. The van der Waals surface area contributed by atoms with E-state index in [-0.39, 0.29) is 24.1 Å². The fourth-order valence-electron chi connectivity index (χ4n) is 2.94. The lowest BCUT2D eigenvalue weighted by Gasteiger charge is -2.19. The van der Waals surface area contributed by atoms with Crippen LogP contribution in [0.15, 0.2) is 29.4 Å². The molecule has 1 N–H and O–H groups in total. The summed E-state index contributed by atoms with van der Waals surface area (Å²) in [4.78, 5) is 27.4. The maximum absolute atomic E-state index is 12.4. The number of rotatable bonds is 7. The van der Waals surface area contributed by atoms with Gasteiger partial charge in [0.2, 0.25) is 17.8 Å². The van der Waals surface area contributed by atoms with Gasteiger partial charge in [0.1, 0.15) is 0 Å². The Morgan fingerprint density at radius 1 is 1.25 bits per heavy atom. The predicted molar refractivity (Wildman–Crippen MR) is 110 cm³/mol. The number of benzene rings is 1. The molecule has 3 rings (SSSR count). The number of carbonyl (C=O) groups excluding carboxylic acids is 2. The van der Waals surface area contributed by atoms with E-state index in [4.69, 9.17) is 11.6 Å². The Balaban J connectivity index is 1.82. The molecule has 0 spiro atoms. The Morgan fingerprint density at radius 2 is 1.96 bits per heavy atom. The SMILES string of the molecule is CNC(=O)CN(C)C(=O)CSc1nnc(N2CCCC2)n1-c1ccccc1Cl. The van der Waals surface area contributed by atoms with Crippen LogP contribution < -0.4 is 10.2 Å². The molecule has 2 heterocycles. The van der Waals surface area contributed by atoms with Gasteiger partial charge in [0.05, 0.1) is 23.0 Å². The molecule has 0 aliphatic carbocycles. The molecule has 1 aliphatic heterocycles. The highest BCUT2D eigenvalue weighted by atomic mass is 35.5. The molecule has 10 heteroatoms. The summed E-state index contributed by atoms with van der Waals surface area (Å²) in [5.41, 5.74) is 0.782. The van der Waals surface area contributed by atoms with Gasteiger partial charge in [-0.3, -0.25) is 14.2 Å². The van der Waals surface area contributed by atoms with E-state index in [1.807, 2.05) is 28.8 Å². The van der Waals surface area contributed by atoms with Gasteiger partial charge < -0.3 is 15.1 Å². The van der Waals surface area contributed by atoms with Crippen molar-refractivity contribution in [2.75, 3.05) is 44.4 Å². The zero-order valence-corrected chi connectivity index (χ0v) is 17.5. The molecule has 0 atom stereocenters. The average molecular weight is 423 g/mol. The van der Waals surface area contributed by atoms with Crippen LogP contribution in [0.2, 0.25) is 5.02 Å². The van der Waals surface area contributed by atoms with Gasteiger partial charge in [-0.2, -0.15) is 0 Å². The number of para-hydroxylation sites is 1. The highest BCUT2D eigenvalue weighted by Crippen LogP contribution is 2.31. The lowest BCUT2D eigenvalue weighted by atomic mass is 10.3. The van der Waals surface area contributed by atoms with Crippen LogP contribution in [0.5, 0.6) is 0 Å². The first-order valence-electron chi connectivity index (χ1n) is 9.04. The van der Waals surface area contributed by atoms with Crippen molar-refractivity contribution in [1.29, 1.82) is 0 Å². The van der Waals surface area contributed by atoms with Crippen LogP contribution in [0.4, 0.5) is 5.95 Å². The van der Waals surface area contributed by atoms with Crippen molar-refractivity contribution in [2.45, 2.75) is 18.0 Å². The molecule has 0 bridgehead atoms. The van der Waals surface area contributed by atoms with Crippen LogP contribution in [0, 0.1) is 0 Å². The smallest absolute Gasteiger partial charge is 0.239 e. The molecule has 0 radical (unpaired) electrons. The minimum atomic E-state index is -0.212. The molecule has 8 nitrogen and oxygen atoms in total. The molecular formula is C18H23ClN6O2S. The second-order valence-corrected chi connectivity index (χ2v) is 7.82. The van der Waals surface area contributed by atoms with Crippen LogP contribution >= 0.6 is 23.4 Å². The number of nitrogens with one attached hydrogen (secondary N) is 1. The molecule has 0 saturated carbocycles. The number of carbonyl (C=O) groups is 2. The van der Waals surface area contributed by atoms with Crippen molar-refractivity contribution in [3.63, 3.8) is 0 Å². The van der Waals surface area contributed by atoms with Gasteiger partial charge >= 0.3 is 0 Å². The third-order valence-electron chi connectivity index (χ3n) is 4.51. The number of aromatic nitrogens is 3. The zero-order valence-electron chi connectivity index (χ0n) is 15.9. The molecule has 1 fully saturated rings. The van der Waals surface area contributed by atoms with E-state index in [1.54, 1.807) is 14.1 Å². The summed E-state index contributed by atoms with van der Waals surface area (Å²) >= 11 is 7.71. The zero-order chi connectivity index (χ0) is 20.1. The number of anilines is 1. The Kier molecular flexibility index (Phi) is 6.79. The highest BCUT2D eigenvalue weighted by Gasteiger charge is 2.24. The first kappa shape index (κ1) is 20.5. The van der Waals surface area contributed by atoms with Crippen LogP contribution in [0.3, 0.4) is 0 Å². The molecule has 2 amide bonds. The number of nitrogens with zero attached hydrogens (tertiary/aromatic N) is 5. The van der Waals surface area contributed by atoms with Crippen molar-refractivity contribution in [1.82, 2.24) is 25.0 Å². The number of amides is 2. The molecule has 0 unspecified atom stereocenters. The van der Waals surface area contributed by atoms with Gasteiger partial charge in [-0.1, -0.05) is 35.5 Å². The maximum Gasteiger partial charge on any atom is 0.239 e. The quantitative estimate of drug-likeness (QED) is 0.685. The van der Waals surface area contributed by atoms with Crippen LogP contribution in [0.1, 0.15) is 12.8 Å². The first-order valence-corrected chi connectivity index (χ1v) is 10.4. The molecule has 1 aromatic carbocycles. The number of hydrogen-bond donors (Lipinski definition) is 1. The van der Waals surface area contributed by atoms with Gasteiger partial charge in [0.15, 0.2) is 5.16 Å². The molecular weight excluding hydrogens is 400 g/mol. The minimum absolute atomic E-state index is 0.0200. The van der Waals surface area contributed by atoms with Crippen molar-refractivity contribution >= 4 is 41.1 Å². The van der Waals surface area contributed by atoms with Crippen molar-refractivity contribution in [3.05, 3.63) is 29.3 Å². The van der Waals surface area contributed by atoms with E-state index in [0.717, 1.165) is 37.6 Å². The van der Waals surface area contributed by atoms with E-state index >= 15 is 0 Å². The molecule has 28 heavy (non-hydrogen) atoms.